The van der Waals surface area contributed by atoms with Crippen molar-refractivity contribution in [3.05, 3.63) is 0 Å². The topological polar surface area (TPSA) is 17.1 Å². The van der Waals surface area contributed by atoms with Crippen molar-refractivity contribution in [2.45, 2.75) is 35.9 Å². The van der Waals surface area contributed by atoms with E-state index >= 15 is 0 Å². The number of alkyl halides is 3. The third-order valence-electron chi connectivity index (χ3n) is 2.26. The van der Waals surface area contributed by atoms with Gasteiger partial charge >= 0.3 is 0 Å². The van der Waals surface area contributed by atoms with Gasteiger partial charge < -0.3 is 0 Å². The third-order valence-corrected chi connectivity index (χ3v) is 2.81. The smallest absolute Gasteiger partial charge is 0.248 e. The highest BCUT2D eigenvalue weighted by atomic mass is 35.6. The van der Waals surface area contributed by atoms with Crippen molar-refractivity contribution >= 4 is 40.6 Å². The van der Waals surface area contributed by atoms with Gasteiger partial charge in [0.25, 0.3) is 0 Å². The van der Waals surface area contributed by atoms with Crippen molar-refractivity contribution in [3.8, 4) is 0 Å². The van der Waals surface area contributed by atoms with Gasteiger partial charge in [-0.3, -0.25) is 4.79 Å². The molecule has 0 heterocycles. The Bertz CT molecular complexity index is 168. The first-order chi connectivity index (χ1) is 5.52. The second-order valence-electron chi connectivity index (χ2n) is 3.20. The molecule has 1 aliphatic carbocycles. The molecule has 0 aromatic heterocycles. The van der Waals surface area contributed by atoms with Crippen LogP contribution < -0.4 is 0 Å². The number of hydrogen-bond acceptors (Lipinski definition) is 1. The molecule has 70 valence electrons. The molecule has 1 rings (SSSR count). The van der Waals surface area contributed by atoms with Crippen LogP contribution in [0.2, 0.25) is 0 Å². The number of halogens is 3. The SMILES string of the molecule is O=C(C1CCCCC1)C(Cl)(Cl)Cl. The van der Waals surface area contributed by atoms with Crippen LogP contribution in [0.3, 0.4) is 0 Å². The van der Waals surface area contributed by atoms with Gasteiger partial charge in [-0.2, -0.15) is 0 Å². The van der Waals surface area contributed by atoms with Crippen LogP contribution >= 0.6 is 34.8 Å². The van der Waals surface area contributed by atoms with Gasteiger partial charge in [0, 0.05) is 5.92 Å². The van der Waals surface area contributed by atoms with Gasteiger partial charge in [-0.05, 0) is 12.8 Å². The number of carbonyl (C=O) groups excluding carboxylic acids is 1. The highest BCUT2D eigenvalue weighted by Gasteiger charge is 2.36. The molecule has 0 aromatic carbocycles. The molecular weight excluding hydrogens is 218 g/mol. The van der Waals surface area contributed by atoms with Gasteiger partial charge in [-0.1, -0.05) is 54.1 Å². The predicted molar refractivity (Wildman–Crippen MR) is 51.9 cm³/mol. The lowest BCUT2D eigenvalue weighted by Crippen LogP contribution is -2.29. The van der Waals surface area contributed by atoms with E-state index in [1.165, 1.54) is 6.42 Å². The molecule has 0 aliphatic heterocycles. The summed E-state index contributed by atoms with van der Waals surface area (Å²) in [5.74, 6) is -0.251. The van der Waals surface area contributed by atoms with Gasteiger partial charge in [0.15, 0.2) is 5.78 Å². The molecule has 1 fully saturated rings. The highest BCUT2D eigenvalue weighted by Crippen LogP contribution is 2.35. The number of Topliss-reactive ketones (excluding diaryl/α,β-unsaturated/α-hetero) is 1. The van der Waals surface area contributed by atoms with E-state index in [1.54, 1.807) is 0 Å². The van der Waals surface area contributed by atoms with Crippen molar-refractivity contribution in [1.29, 1.82) is 0 Å². The summed E-state index contributed by atoms with van der Waals surface area (Å²) in [6.45, 7) is 0. The van der Waals surface area contributed by atoms with Gasteiger partial charge in [-0.15, -0.1) is 0 Å². The Hall–Kier alpha value is 0.540. The molecule has 0 saturated heterocycles. The summed E-state index contributed by atoms with van der Waals surface area (Å²) < 4.78 is -1.71. The van der Waals surface area contributed by atoms with E-state index < -0.39 is 3.79 Å². The van der Waals surface area contributed by atoms with E-state index in [2.05, 4.69) is 0 Å². The lowest BCUT2D eigenvalue weighted by molar-refractivity contribution is -0.122. The Balaban J connectivity index is 2.51. The summed E-state index contributed by atoms with van der Waals surface area (Å²) in [7, 11) is 0. The van der Waals surface area contributed by atoms with Crippen molar-refractivity contribution in [2.75, 3.05) is 0 Å². The summed E-state index contributed by atoms with van der Waals surface area (Å²) in [6.07, 6.45) is 5.12. The van der Waals surface area contributed by atoms with Gasteiger partial charge in [0.1, 0.15) is 0 Å². The van der Waals surface area contributed by atoms with Crippen LogP contribution in [0, 0.1) is 5.92 Å². The second-order valence-corrected chi connectivity index (χ2v) is 5.48. The second kappa shape index (κ2) is 4.17. The number of hydrogen-bond donors (Lipinski definition) is 0. The molecule has 0 atom stereocenters. The lowest BCUT2D eigenvalue weighted by atomic mass is 9.87. The zero-order chi connectivity index (χ0) is 9.19. The average molecular weight is 230 g/mol. The first-order valence-corrected chi connectivity index (χ1v) is 5.26. The summed E-state index contributed by atoms with van der Waals surface area (Å²) in [5.41, 5.74) is 0. The third kappa shape index (κ3) is 2.79. The van der Waals surface area contributed by atoms with E-state index in [4.69, 9.17) is 34.8 Å². The lowest BCUT2D eigenvalue weighted by Gasteiger charge is -2.23. The van der Waals surface area contributed by atoms with Crippen molar-refractivity contribution in [3.63, 3.8) is 0 Å². The molecule has 12 heavy (non-hydrogen) atoms. The Morgan fingerprint density at radius 2 is 1.58 bits per heavy atom. The van der Waals surface area contributed by atoms with Crippen molar-refractivity contribution in [2.24, 2.45) is 5.92 Å². The fourth-order valence-electron chi connectivity index (χ4n) is 1.60. The Morgan fingerprint density at radius 1 is 1.08 bits per heavy atom. The maximum Gasteiger partial charge on any atom is 0.248 e. The van der Waals surface area contributed by atoms with Crippen LogP contribution in [-0.4, -0.2) is 9.58 Å². The average Bonchev–Trinajstić information content (AvgIpc) is 2.03. The summed E-state index contributed by atoms with van der Waals surface area (Å²) in [4.78, 5) is 11.4. The normalized spacial score (nSPS) is 20.9. The summed E-state index contributed by atoms with van der Waals surface area (Å²) >= 11 is 16.5. The predicted octanol–water partition coefficient (Wildman–Crippen LogP) is 3.51. The van der Waals surface area contributed by atoms with E-state index in [0.717, 1.165) is 25.7 Å². The van der Waals surface area contributed by atoms with Crippen LogP contribution in [0.4, 0.5) is 0 Å². The standard InChI is InChI=1S/C8H11Cl3O/c9-8(10,11)7(12)6-4-2-1-3-5-6/h6H,1-5H2. The molecule has 4 heteroatoms. The van der Waals surface area contributed by atoms with Crippen LogP contribution in [0.1, 0.15) is 32.1 Å². The summed E-state index contributed by atoms with van der Waals surface area (Å²) in [5, 5.41) is 0. The van der Waals surface area contributed by atoms with Gasteiger partial charge in [0.2, 0.25) is 3.79 Å². The van der Waals surface area contributed by atoms with E-state index in [9.17, 15) is 4.79 Å². The number of rotatable bonds is 1. The van der Waals surface area contributed by atoms with Crippen LogP contribution in [0.25, 0.3) is 0 Å². The quantitative estimate of drug-likeness (QED) is 0.629. The maximum absolute atomic E-state index is 11.4. The molecule has 0 N–H and O–H groups in total. The largest absolute Gasteiger partial charge is 0.295 e. The van der Waals surface area contributed by atoms with Gasteiger partial charge in [0.05, 0.1) is 0 Å². The number of carbonyl (C=O) groups is 1. The molecule has 0 unspecified atom stereocenters. The molecule has 1 saturated carbocycles. The van der Waals surface area contributed by atoms with E-state index in [1.807, 2.05) is 0 Å². The van der Waals surface area contributed by atoms with Crippen molar-refractivity contribution in [1.82, 2.24) is 0 Å². The van der Waals surface area contributed by atoms with Gasteiger partial charge in [-0.25, -0.2) is 0 Å². The molecule has 0 amide bonds. The van der Waals surface area contributed by atoms with Crippen LogP contribution in [-0.2, 0) is 4.79 Å². The fraction of sp³-hybridized carbons (Fsp3) is 0.875. The first-order valence-electron chi connectivity index (χ1n) is 4.13. The number of ketones is 1. The minimum atomic E-state index is -1.71. The molecule has 1 aliphatic rings. The minimum absolute atomic E-state index is 0.0220. The molecule has 0 aromatic rings. The Labute approximate surface area is 87.4 Å². The zero-order valence-corrected chi connectivity index (χ0v) is 8.92. The summed E-state index contributed by atoms with van der Waals surface area (Å²) in [6, 6.07) is 0. The molecule has 0 radical (unpaired) electrons. The Morgan fingerprint density at radius 3 is 2.00 bits per heavy atom. The monoisotopic (exact) mass is 228 g/mol. The first kappa shape index (κ1) is 10.6. The minimum Gasteiger partial charge on any atom is -0.295 e. The van der Waals surface area contributed by atoms with Crippen LogP contribution in [0.15, 0.2) is 0 Å². The Kier molecular flexibility index (Phi) is 3.69. The van der Waals surface area contributed by atoms with E-state index in [0.29, 0.717) is 0 Å². The maximum atomic E-state index is 11.4. The zero-order valence-electron chi connectivity index (χ0n) is 6.66. The van der Waals surface area contributed by atoms with E-state index in [-0.39, 0.29) is 11.7 Å². The molecule has 1 nitrogen and oxygen atoms in total. The van der Waals surface area contributed by atoms with Crippen LogP contribution in [0.5, 0.6) is 0 Å². The fourth-order valence-corrected chi connectivity index (χ4v) is 2.06. The highest BCUT2D eigenvalue weighted by molar-refractivity contribution is 6.76. The molecule has 0 spiro atoms. The molecule has 0 bridgehead atoms. The van der Waals surface area contributed by atoms with Crippen molar-refractivity contribution < 1.29 is 4.79 Å². The molecular formula is C8H11Cl3O.